The summed E-state index contributed by atoms with van der Waals surface area (Å²) in [6.07, 6.45) is 1.74. The number of hydrogen-bond donors (Lipinski definition) is 1. The lowest BCUT2D eigenvalue weighted by molar-refractivity contribution is -0.125. The first-order chi connectivity index (χ1) is 11.6. The molecule has 6 nitrogen and oxygen atoms in total. The molecule has 0 aliphatic carbocycles. The third kappa shape index (κ3) is 3.38. The summed E-state index contributed by atoms with van der Waals surface area (Å²) in [6, 6.07) is 9.35. The fourth-order valence-corrected chi connectivity index (χ4v) is 3.12. The van der Waals surface area contributed by atoms with E-state index in [9.17, 15) is 9.59 Å². The Bertz CT molecular complexity index is 762. The first-order valence-corrected chi connectivity index (χ1v) is 8.12. The number of carbonyl (C=O) groups is 2. The lowest BCUT2D eigenvalue weighted by Crippen LogP contribution is -2.41. The molecule has 0 spiro atoms. The Balaban J connectivity index is 1.84. The van der Waals surface area contributed by atoms with Crippen molar-refractivity contribution in [3.63, 3.8) is 0 Å². The molecular weight excluding hydrogens is 304 g/mol. The minimum absolute atomic E-state index is 0.0238. The van der Waals surface area contributed by atoms with Crippen molar-refractivity contribution in [2.75, 3.05) is 40.3 Å². The second-order valence-corrected chi connectivity index (χ2v) is 6.24. The van der Waals surface area contributed by atoms with Gasteiger partial charge in [0, 0.05) is 50.4 Å². The Morgan fingerprint density at radius 2 is 2.04 bits per heavy atom. The molecule has 1 saturated heterocycles. The number of nitrogens with one attached hydrogen (secondary N) is 1. The molecule has 2 amide bonds. The van der Waals surface area contributed by atoms with Gasteiger partial charge in [0.25, 0.3) is 5.91 Å². The van der Waals surface area contributed by atoms with E-state index >= 15 is 0 Å². The number of carbonyl (C=O) groups excluding carboxylic acids is 2. The summed E-state index contributed by atoms with van der Waals surface area (Å²) in [4.78, 5) is 33.1. The van der Waals surface area contributed by atoms with Crippen LogP contribution in [-0.4, -0.2) is 66.9 Å². The number of benzene rings is 1. The van der Waals surface area contributed by atoms with Gasteiger partial charge in [-0.25, -0.2) is 0 Å². The number of hydrogen-bond acceptors (Lipinski definition) is 4. The van der Waals surface area contributed by atoms with Crippen LogP contribution in [0.25, 0.3) is 10.9 Å². The summed E-state index contributed by atoms with van der Waals surface area (Å²) < 4.78 is 0. The largest absolute Gasteiger partial charge is 0.359 e. The molecule has 1 aromatic carbocycles. The van der Waals surface area contributed by atoms with E-state index in [2.05, 4.69) is 15.2 Å². The highest BCUT2D eigenvalue weighted by molar-refractivity contribution is 5.98. The highest BCUT2D eigenvalue weighted by Crippen LogP contribution is 2.17. The Morgan fingerprint density at radius 3 is 2.83 bits per heavy atom. The van der Waals surface area contributed by atoms with E-state index in [1.165, 1.54) is 0 Å². The Labute approximate surface area is 141 Å². The molecule has 0 saturated carbocycles. The Hall–Kier alpha value is -2.47. The van der Waals surface area contributed by atoms with Crippen LogP contribution in [-0.2, 0) is 4.79 Å². The number of rotatable bonds is 2. The molecule has 2 aromatic rings. The van der Waals surface area contributed by atoms with Gasteiger partial charge in [-0.1, -0.05) is 6.07 Å². The van der Waals surface area contributed by atoms with Crippen molar-refractivity contribution in [1.82, 2.24) is 20.1 Å². The minimum atomic E-state index is -0.214. The van der Waals surface area contributed by atoms with Crippen LogP contribution in [0.4, 0.5) is 0 Å². The van der Waals surface area contributed by atoms with Crippen LogP contribution in [0.15, 0.2) is 36.5 Å². The smallest absolute Gasteiger partial charge is 0.253 e. The average Bonchev–Trinajstić information content (AvgIpc) is 2.81. The summed E-state index contributed by atoms with van der Waals surface area (Å²) in [7, 11) is 3.61. The van der Waals surface area contributed by atoms with Gasteiger partial charge in [-0.05, 0) is 31.3 Å². The summed E-state index contributed by atoms with van der Waals surface area (Å²) >= 11 is 0. The minimum Gasteiger partial charge on any atom is -0.359 e. The third-order valence-corrected chi connectivity index (χ3v) is 4.48. The van der Waals surface area contributed by atoms with Gasteiger partial charge in [0.05, 0.1) is 11.4 Å². The number of nitrogens with zero attached hydrogens (tertiary/aromatic N) is 3. The van der Waals surface area contributed by atoms with Crippen molar-refractivity contribution in [2.45, 2.75) is 0 Å². The van der Waals surface area contributed by atoms with E-state index in [1.807, 2.05) is 31.3 Å². The molecule has 3 rings (SSSR count). The monoisotopic (exact) mass is 326 g/mol. The van der Waals surface area contributed by atoms with Crippen LogP contribution in [0.2, 0.25) is 0 Å². The summed E-state index contributed by atoms with van der Waals surface area (Å²) in [6.45, 7) is 2.47. The fraction of sp³-hybridized carbons (Fsp3) is 0.389. The lowest BCUT2D eigenvalue weighted by Gasteiger charge is -2.23. The zero-order valence-corrected chi connectivity index (χ0v) is 14.0. The van der Waals surface area contributed by atoms with Crippen molar-refractivity contribution in [2.24, 2.45) is 5.92 Å². The maximum atomic E-state index is 12.9. The number of pyridine rings is 1. The predicted octanol–water partition coefficient (Wildman–Crippen LogP) is 0.985. The zero-order valence-electron chi connectivity index (χ0n) is 14.0. The van der Waals surface area contributed by atoms with Crippen LogP contribution in [0.5, 0.6) is 0 Å². The highest BCUT2D eigenvalue weighted by Gasteiger charge is 2.28. The summed E-state index contributed by atoms with van der Waals surface area (Å²) in [5.74, 6) is -0.275. The van der Waals surface area contributed by atoms with Gasteiger partial charge in [-0.2, -0.15) is 0 Å². The molecule has 2 heterocycles. The fourth-order valence-electron chi connectivity index (χ4n) is 3.12. The van der Waals surface area contributed by atoms with Crippen molar-refractivity contribution in [1.29, 1.82) is 0 Å². The molecule has 6 heteroatoms. The van der Waals surface area contributed by atoms with E-state index in [0.717, 1.165) is 17.4 Å². The van der Waals surface area contributed by atoms with E-state index in [-0.39, 0.29) is 17.7 Å². The Kier molecular flexibility index (Phi) is 4.76. The third-order valence-electron chi connectivity index (χ3n) is 4.48. The molecule has 0 radical (unpaired) electrons. The molecule has 0 unspecified atom stereocenters. The second kappa shape index (κ2) is 6.97. The molecule has 0 bridgehead atoms. The van der Waals surface area contributed by atoms with Crippen LogP contribution in [0, 0.1) is 5.92 Å². The SMILES string of the molecule is CNC(=O)[C@H]1CN(C)CCN(C(=O)c2ccc3ncccc3c2)C1. The van der Waals surface area contributed by atoms with Crippen molar-refractivity contribution < 1.29 is 9.59 Å². The quantitative estimate of drug-likeness (QED) is 0.894. The Morgan fingerprint density at radius 1 is 1.21 bits per heavy atom. The van der Waals surface area contributed by atoms with Crippen LogP contribution in [0.3, 0.4) is 0 Å². The van der Waals surface area contributed by atoms with Crippen molar-refractivity contribution in [3.8, 4) is 0 Å². The van der Waals surface area contributed by atoms with Crippen LogP contribution < -0.4 is 5.32 Å². The summed E-state index contributed by atoms with van der Waals surface area (Å²) in [5, 5.41) is 3.64. The van der Waals surface area contributed by atoms with E-state index in [1.54, 1.807) is 24.2 Å². The molecule has 126 valence electrons. The lowest BCUT2D eigenvalue weighted by atomic mass is 10.1. The van der Waals surface area contributed by atoms with Crippen molar-refractivity contribution >= 4 is 22.7 Å². The first-order valence-electron chi connectivity index (χ1n) is 8.12. The van der Waals surface area contributed by atoms with Crippen molar-refractivity contribution in [3.05, 3.63) is 42.1 Å². The van der Waals surface area contributed by atoms with E-state index in [4.69, 9.17) is 0 Å². The molecule has 24 heavy (non-hydrogen) atoms. The number of likely N-dealkylation sites (N-methyl/N-ethyl adjacent to an activating group) is 1. The average molecular weight is 326 g/mol. The van der Waals surface area contributed by atoms with E-state index in [0.29, 0.717) is 25.2 Å². The number of amides is 2. The molecule has 1 atom stereocenters. The number of aromatic nitrogens is 1. The highest BCUT2D eigenvalue weighted by atomic mass is 16.2. The van der Waals surface area contributed by atoms with E-state index < -0.39 is 0 Å². The maximum Gasteiger partial charge on any atom is 0.253 e. The van der Waals surface area contributed by atoms with Gasteiger partial charge in [-0.3, -0.25) is 14.6 Å². The molecule has 1 aromatic heterocycles. The number of fused-ring (bicyclic) bond motifs is 1. The molecular formula is C18H22N4O2. The molecule has 1 aliphatic heterocycles. The van der Waals surface area contributed by atoms with Gasteiger partial charge in [-0.15, -0.1) is 0 Å². The zero-order chi connectivity index (χ0) is 17.1. The normalized spacial score (nSPS) is 19.1. The first kappa shape index (κ1) is 16.4. The van der Waals surface area contributed by atoms with Gasteiger partial charge in [0.1, 0.15) is 0 Å². The van der Waals surface area contributed by atoms with Gasteiger partial charge < -0.3 is 15.1 Å². The summed E-state index contributed by atoms with van der Waals surface area (Å²) in [5.41, 5.74) is 1.50. The predicted molar refractivity (Wildman–Crippen MR) is 92.7 cm³/mol. The molecule has 1 N–H and O–H groups in total. The van der Waals surface area contributed by atoms with Gasteiger partial charge >= 0.3 is 0 Å². The standard InChI is InChI=1S/C18H22N4O2/c1-19-17(23)15-11-21(2)8-9-22(12-15)18(24)14-5-6-16-13(10-14)4-3-7-20-16/h3-7,10,15H,8-9,11-12H2,1-2H3,(H,19,23)/t15-/m0/s1. The van der Waals surface area contributed by atoms with Gasteiger partial charge in [0.2, 0.25) is 5.91 Å². The topological polar surface area (TPSA) is 65.5 Å². The van der Waals surface area contributed by atoms with Gasteiger partial charge in [0.15, 0.2) is 0 Å². The molecule has 1 aliphatic rings. The second-order valence-electron chi connectivity index (χ2n) is 6.24. The maximum absolute atomic E-state index is 12.9. The van der Waals surface area contributed by atoms with Crippen LogP contribution >= 0.6 is 0 Å². The molecule has 1 fully saturated rings. The van der Waals surface area contributed by atoms with Crippen LogP contribution in [0.1, 0.15) is 10.4 Å².